The molecular weight excluding hydrogens is 370 g/mol. The molecule has 5 nitrogen and oxygen atoms in total. The number of rotatable bonds is 5. The fraction of sp³-hybridized carbons (Fsp3) is 0.240. The van der Waals surface area contributed by atoms with Gasteiger partial charge in [0.2, 0.25) is 0 Å². The highest BCUT2D eigenvalue weighted by molar-refractivity contribution is 5.78. The molecule has 0 amide bonds. The minimum absolute atomic E-state index is 0.335. The average molecular weight is 396 g/mol. The van der Waals surface area contributed by atoms with E-state index in [1.165, 1.54) is 17.4 Å². The van der Waals surface area contributed by atoms with Gasteiger partial charge in [0.15, 0.2) is 0 Å². The highest BCUT2D eigenvalue weighted by Crippen LogP contribution is 2.33. The Balaban J connectivity index is 1.35. The topological polar surface area (TPSA) is 53.9 Å². The number of hydrogen-bond acceptors (Lipinski definition) is 5. The zero-order valence-corrected chi connectivity index (χ0v) is 17.1. The first-order chi connectivity index (χ1) is 14.7. The number of nitrogens with zero attached hydrogens (tertiary/aromatic N) is 4. The van der Waals surface area contributed by atoms with Crippen LogP contribution in [0, 0.1) is 6.92 Å². The molecule has 3 aromatic heterocycles. The smallest absolute Gasteiger partial charge is 0.131 e. The van der Waals surface area contributed by atoms with Crippen molar-refractivity contribution in [2.75, 3.05) is 11.9 Å². The number of hydrogen-bond donors (Lipinski definition) is 1. The molecule has 0 radical (unpaired) electrons. The summed E-state index contributed by atoms with van der Waals surface area (Å²) in [6.45, 7) is 4.01. The number of pyridine rings is 3. The van der Waals surface area contributed by atoms with Crippen molar-refractivity contribution in [1.82, 2.24) is 19.9 Å². The Bertz CT molecular complexity index is 1170. The molecule has 0 bridgehead atoms. The van der Waals surface area contributed by atoms with Crippen LogP contribution in [-0.4, -0.2) is 26.4 Å². The first-order valence-corrected chi connectivity index (χ1v) is 10.5. The Morgan fingerprint density at radius 1 is 0.967 bits per heavy atom. The van der Waals surface area contributed by atoms with Gasteiger partial charge in [0.25, 0.3) is 0 Å². The molecule has 1 fully saturated rings. The number of aryl methyl sites for hydroxylation is 1. The largest absolute Gasteiger partial charge is 0.325 e. The third-order valence-electron chi connectivity index (χ3n) is 5.67. The molecule has 1 atom stereocenters. The SMILES string of the molecule is Cc1cccc(Nc2cccc([C@H]3CCCN3Cc3ccc4ncccc4c3)n2)n1. The lowest BCUT2D eigenvalue weighted by Gasteiger charge is -2.24. The van der Waals surface area contributed by atoms with Crippen LogP contribution in [0.25, 0.3) is 10.9 Å². The summed E-state index contributed by atoms with van der Waals surface area (Å²) in [7, 11) is 0. The van der Waals surface area contributed by atoms with Gasteiger partial charge in [0.1, 0.15) is 11.6 Å². The molecular formula is C25H25N5. The van der Waals surface area contributed by atoms with E-state index in [0.29, 0.717) is 6.04 Å². The Labute approximate surface area is 176 Å². The molecule has 30 heavy (non-hydrogen) atoms. The quantitative estimate of drug-likeness (QED) is 0.489. The van der Waals surface area contributed by atoms with Crippen LogP contribution in [-0.2, 0) is 6.54 Å². The molecule has 1 saturated heterocycles. The van der Waals surface area contributed by atoms with Gasteiger partial charge in [0.05, 0.1) is 17.3 Å². The number of aromatic nitrogens is 3. The van der Waals surface area contributed by atoms with Crippen molar-refractivity contribution in [3.05, 3.63) is 89.9 Å². The molecule has 1 N–H and O–H groups in total. The molecule has 1 aliphatic heterocycles. The maximum atomic E-state index is 4.92. The number of likely N-dealkylation sites (tertiary alicyclic amines) is 1. The number of fused-ring (bicyclic) bond motifs is 1. The van der Waals surface area contributed by atoms with Gasteiger partial charge in [-0.1, -0.05) is 24.3 Å². The third kappa shape index (κ3) is 4.02. The molecule has 150 valence electrons. The van der Waals surface area contributed by atoms with Crippen molar-refractivity contribution in [3.8, 4) is 0 Å². The summed E-state index contributed by atoms with van der Waals surface area (Å²) in [4.78, 5) is 16.4. The summed E-state index contributed by atoms with van der Waals surface area (Å²) in [5.41, 5.74) is 4.47. The molecule has 1 aromatic carbocycles. The Hall–Kier alpha value is -3.31. The van der Waals surface area contributed by atoms with Gasteiger partial charge in [-0.25, -0.2) is 9.97 Å². The predicted molar refractivity (Wildman–Crippen MR) is 121 cm³/mol. The van der Waals surface area contributed by atoms with Gasteiger partial charge in [-0.2, -0.15) is 0 Å². The fourth-order valence-corrected chi connectivity index (χ4v) is 4.26. The van der Waals surface area contributed by atoms with Crippen molar-refractivity contribution >= 4 is 22.5 Å². The number of nitrogens with one attached hydrogen (secondary N) is 1. The normalized spacial score (nSPS) is 16.8. The fourth-order valence-electron chi connectivity index (χ4n) is 4.26. The third-order valence-corrected chi connectivity index (χ3v) is 5.67. The number of anilines is 2. The van der Waals surface area contributed by atoms with E-state index in [-0.39, 0.29) is 0 Å². The highest BCUT2D eigenvalue weighted by Gasteiger charge is 2.27. The predicted octanol–water partition coefficient (Wildman–Crippen LogP) is 5.41. The minimum atomic E-state index is 0.335. The molecule has 0 spiro atoms. The average Bonchev–Trinajstić information content (AvgIpc) is 3.22. The van der Waals surface area contributed by atoms with E-state index in [2.05, 4.69) is 56.6 Å². The summed E-state index contributed by atoms with van der Waals surface area (Å²) < 4.78 is 0. The Morgan fingerprint density at radius 2 is 1.83 bits per heavy atom. The lowest BCUT2D eigenvalue weighted by molar-refractivity contribution is 0.244. The zero-order chi connectivity index (χ0) is 20.3. The monoisotopic (exact) mass is 395 g/mol. The summed E-state index contributed by atoms with van der Waals surface area (Å²) in [5, 5.41) is 4.54. The second-order valence-electron chi connectivity index (χ2n) is 7.90. The molecule has 5 heteroatoms. The van der Waals surface area contributed by atoms with Crippen molar-refractivity contribution < 1.29 is 0 Å². The van der Waals surface area contributed by atoms with Crippen LogP contribution < -0.4 is 5.32 Å². The van der Waals surface area contributed by atoms with E-state index in [4.69, 9.17) is 4.98 Å². The molecule has 0 unspecified atom stereocenters. The standard InChI is InChI=1S/C25H25N5/c1-18-6-2-10-24(27-18)29-25-11-3-8-22(28-25)23-9-5-15-30(23)17-19-12-13-21-20(16-19)7-4-14-26-21/h2-4,6-8,10-14,16,23H,5,9,15,17H2,1H3,(H,27,28,29)/t23-/m1/s1. The van der Waals surface area contributed by atoms with E-state index in [1.54, 1.807) is 0 Å². The maximum absolute atomic E-state index is 4.92. The van der Waals surface area contributed by atoms with Gasteiger partial charge < -0.3 is 5.32 Å². The van der Waals surface area contributed by atoms with Crippen molar-refractivity contribution in [2.24, 2.45) is 0 Å². The van der Waals surface area contributed by atoms with E-state index in [9.17, 15) is 0 Å². The second-order valence-corrected chi connectivity index (χ2v) is 7.90. The van der Waals surface area contributed by atoms with Gasteiger partial charge in [-0.3, -0.25) is 9.88 Å². The lowest BCUT2D eigenvalue weighted by Crippen LogP contribution is -2.23. The Kier molecular flexibility index (Phi) is 5.11. The van der Waals surface area contributed by atoms with E-state index in [0.717, 1.165) is 48.1 Å². The van der Waals surface area contributed by atoms with Gasteiger partial charge in [0, 0.05) is 23.8 Å². The van der Waals surface area contributed by atoms with Gasteiger partial charge in [-0.15, -0.1) is 0 Å². The van der Waals surface area contributed by atoms with E-state index < -0.39 is 0 Å². The van der Waals surface area contributed by atoms with Crippen LogP contribution in [0.5, 0.6) is 0 Å². The second kappa shape index (κ2) is 8.20. The van der Waals surface area contributed by atoms with Gasteiger partial charge in [-0.05, 0) is 74.3 Å². The van der Waals surface area contributed by atoms with Crippen molar-refractivity contribution in [2.45, 2.75) is 32.4 Å². The minimum Gasteiger partial charge on any atom is -0.325 e. The molecule has 4 aromatic rings. The van der Waals surface area contributed by atoms with Crippen LogP contribution in [0.2, 0.25) is 0 Å². The number of benzene rings is 1. The molecule has 1 aliphatic rings. The molecule has 4 heterocycles. The van der Waals surface area contributed by atoms with Crippen LogP contribution in [0.15, 0.2) is 72.9 Å². The summed E-state index contributed by atoms with van der Waals surface area (Å²) in [5.74, 6) is 1.67. The van der Waals surface area contributed by atoms with Crippen LogP contribution in [0.4, 0.5) is 11.6 Å². The van der Waals surface area contributed by atoms with Crippen LogP contribution in [0.1, 0.15) is 35.8 Å². The van der Waals surface area contributed by atoms with Crippen molar-refractivity contribution in [1.29, 1.82) is 0 Å². The van der Waals surface area contributed by atoms with E-state index >= 15 is 0 Å². The highest BCUT2D eigenvalue weighted by atomic mass is 15.2. The van der Waals surface area contributed by atoms with E-state index in [1.807, 2.05) is 43.5 Å². The molecule has 0 aliphatic carbocycles. The zero-order valence-electron chi connectivity index (χ0n) is 17.1. The Morgan fingerprint density at radius 3 is 2.73 bits per heavy atom. The first-order valence-electron chi connectivity index (χ1n) is 10.5. The van der Waals surface area contributed by atoms with Crippen LogP contribution >= 0.6 is 0 Å². The van der Waals surface area contributed by atoms with Crippen LogP contribution in [0.3, 0.4) is 0 Å². The summed E-state index contributed by atoms with van der Waals surface area (Å²) in [6.07, 6.45) is 4.17. The maximum Gasteiger partial charge on any atom is 0.131 e. The summed E-state index contributed by atoms with van der Waals surface area (Å²) >= 11 is 0. The van der Waals surface area contributed by atoms with Gasteiger partial charge >= 0.3 is 0 Å². The summed E-state index contributed by atoms with van der Waals surface area (Å²) in [6, 6.07) is 23.2. The lowest BCUT2D eigenvalue weighted by atomic mass is 10.1. The van der Waals surface area contributed by atoms with Crippen molar-refractivity contribution in [3.63, 3.8) is 0 Å². The molecule has 5 rings (SSSR count). The first kappa shape index (κ1) is 18.7. The molecule has 0 saturated carbocycles.